The summed E-state index contributed by atoms with van der Waals surface area (Å²) >= 11 is 0. The summed E-state index contributed by atoms with van der Waals surface area (Å²) in [7, 11) is -3.19. The number of hydrogen-bond acceptors (Lipinski definition) is 6. The van der Waals surface area contributed by atoms with Gasteiger partial charge in [-0.25, -0.2) is 18.1 Å². The predicted molar refractivity (Wildman–Crippen MR) is 76.9 cm³/mol. The van der Waals surface area contributed by atoms with Crippen molar-refractivity contribution in [2.45, 2.75) is 31.2 Å². The van der Waals surface area contributed by atoms with Crippen molar-refractivity contribution in [3.05, 3.63) is 35.8 Å². The molecule has 0 aliphatic carbocycles. The number of nitrogens with one attached hydrogen (secondary N) is 1. The fourth-order valence-corrected chi connectivity index (χ4v) is 3.12. The number of nitrogens with zero attached hydrogens (tertiary/aromatic N) is 3. The monoisotopic (exact) mass is 324 g/mol. The molecule has 0 aromatic carbocycles. The number of sulfone groups is 1. The Morgan fingerprint density at radius 2 is 2.32 bits per heavy atom. The normalized spacial score (nSPS) is 18.0. The van der Waals surface area contributed by atoms with Gasteiger partial charge in [0.05, 0.1) is 6.54 Å². The van der Waals surface area contributed by atoms with Gasteiger partial charge < -0.3 is 9.73 Å². The minimum Gasteiger partial charge on any atom is -0.455 e. The largest absolute Gasteiger partial charge is 0.455 e. The topological polar surface area (TPSA) is 107 Å². The zero-order valence-electron chi connectivity index (χ0n) is 12.0. The van der Waals surface area contributed by atoms with Gasteiger partial charge in [0, 0.05) is 18.7 Å². The lowest BCUT2D eigenvalue weighted by Gasteiger charge is -2.23. The van der Waals surface area contributed by atoms with Crippen LogP contribution < -0.4 is 5.32 Å². The molecule has 2 aromatic rings. The Morgan fingerprint density at radius 1 is 1.50 bits per heavy atom. The maximum atomic E-state index is 12.1. The molecule has 9 heteroatoms. The second-order valence-corrected chi connectivity index (χ2v) is 7.54. The number of furan rings is 1. The van der Waals surface area contributed by atoms with Gasteiger partial charge in [-0.15, -0.1) is 0 Å². The molecule has 22 heavy (non-hydrogen) atoms. The predicted octanol–water partition coefficient (Wildman–Crippen LogP) is 0.160. The van der Waals surface area contributed by atoms with E-state index in [0.29, 0.717) is 6.54 Å². The first kappa shape index (κ1) is 14.8. The maximum Gasteiger partial charge on any atom is 0.287 e. The van der Waals surface area contributed by atoms with Crippen molar-refractivity contribution < 1.29 is 17.6 Å². The zero-order chi connectivity index (χ0) is 15.7. The molecule has 1 unspecified atom stereocenters. The van der Waals surface area contributed by atoms with Crippen LogP contribution in [0.5, 0.6) is 0 Å². The highest BCUT2D eigenvalue weighted by molar-refractivity contribution is 7.89. The van der Waals surface area contributed by atoms with Gasteiger partial charge in [0.15, 0.2) is 15.6 Å². The molecule has 0 saturated carbocycles. The van der Waals surface area contributed by atoms with Crippen molar-refractivity contribution in [2.75, 3.05) is 6.26 Å². The van der Waals surface area contributed by atoms with Gasteiger partial charge in [0.1, 0.15) is 23.7 Å². The van der Waals surface area contributed by atoms with Crippen LogP contribution >= 0.6 is 0 Å². The van der Waals surface area contributed by atoms with Gasteiger partial charge >= 0.3 is 0 Å². The molecule has 0 bridgehead atoms. The number of amides is 1. The van der Waals surface area contributed by atoms with E-state index in [1.54, 1.807) is 4.68 Å². The molecule has 0 fully saturated rings. The fraction of sp³-hybridized carbons (Fsp3) is 0.462. The average Bonchev–Trinajstić information content (AvgIpc) is 3.05. The van der Waals surface area contributed by atoms with E-state index in [9.17, 15) is 13.2 Å². The van der Waals surface area contributed by atoms with Crippen molar-refractivity contribution in [1.82, 2.24) is 20.1 Å². The standard InChI is InChI=1S/C13H16N4O4S/c1-22(19,20)7-10-3-4-11(21-10)13(18)16-9-2-5-12-14-8-15-17(12)6-9/h3-4,8-9H,2,5-7H2,1H3,(H,16,18). The molecule has 1 N–H and O–H groups in total. The number of carbonyl (C=O) groups is 1. The Hall–Kier alpha value is -2.16. The SMILES string of the molecule is CS(=O)(=O)Cc1ccc(C(=O)NC2CCc3ncnn3C2)o1. The van der Waals surface area contributed by atoms with Crippen LogP contribution in [0.2, 0.25) is 0 Å². The minimum absolute atomic E-state index is 0.0508. The van der Waals surface area contributed by atoms with Crippen molar-refractivity contribution in [3.8, 4) is 0 Å². The summed E-state index contributed by atoms with van der Waals surface area (Å²) in [6.07, 6.45) is 4.15. The van der Waals surface area contributed by atoms with Crippen molar-refractivity contribution in [3.63, 3.8) is 0 Å². The zero-order valence-corrected chi connectivity index (χ0v) is 12.8. The molecule has 1 aliphatic rings. The van der Waals surface area contributed by atoms with Crippen LogP contribution in [0.25, 0.3) is 0 Å². The number of aromatic nitrogens is 3. The summed E-state index contributed by atoms with van der Waals surface area (Å²) in [5.74, 6) is 0.719. The highest BCUT2D eigenvalue weighted by Gasteiger charge is 2.23. The summed E-state index contributed by atoms with van der Waals surface area (Å²) in [5, 5.41) is 6.97. The molecule has 2 aromatic heterocycles. The summed E-state index contributed by atoms with van der Waals surface area (Å²) in [4.78, 5) is 16.3. The highest BCUT2D eigenvalue weighted by Crippen LogP contribution is 2.14. The number of hydrogen-bond donors (Lipinski definition) is 1. The van der Waals surface area contributed by atoms with E-state index in [2.05, 4.69) is 15.4 Å². The first-order valence-electron chi connectivity index (χ1n) is 6.85. The molecule has 3 rings (SSSR count). The summed E-state index contributed by atoms with van der Waals surface area (Å²) in [5.41, 5.74) is 0. The van der Waals surface area contributed by atoms with Crippen LogP contribution in [0.3, 0.4) is 0 Å². The van der Waals surface area contributed by atoms with Crippen LogP contribution in [0, 0.1) is 0 Å². The Morgan fingerprint density at radius 3 is 3.09 bits per heavy atom. The molecule has 0 saturated heterocycles. The second-order valence-electron chi connectivity index (χ2n) is 5.40. The molecule has 1 aliphatic heterocycles. The second kappa shape index (κ2) is 5.56. The molecule has 0 spiro atoms. The van der Waals surface area contributed by atoms with E-state index in [4.69, 9.17) is 4.42 Å². The molecule has 118 valence electrons. The Bertz CT molecular complexity index is 793. The first-order chi connectivity index (χ1) is 10.4. The van der Waals surface area contributed by atoms with Gasteiger partial charge in [-0.05, 0) is 18.6 Å². The van der Waals surface area contributed by atoms with E-state index in [1.807, 2.05) is 0 Å². The first-order valence-corrected chi connectivity index (χ1v) is 8.91. The summed E-state index contributed by atoms with van der Waals surface area (Å²) in [6.45, 7) is 0.567. The van der Waals surface area contributed by atoms with Crippen LogP contribution in [-0.2, 0) is 28.6 Å². The number of aryl methyl sites for hydroxylation is 1. The van der Waals surface area contributed by atoms with Crippen LogP contribution in [0.15, 0.2) is 22.9 Å². The van der Waals surface area contributed by atoms with Crippen LogP contribution in [-0.4, -0.2) is 41.4 Å². The number of rotatable bonds is 4. The van der Waals surface area contributed by atoms with Crippen LogP contribution in [0.1, 0.15) is 28.6 Å². The number of carbonyl (C=O) groups excluding carboxylic acids is 1. The van der Waals surface area contributed by atoms with Gasteiger partial charge in [-0.2, -0.15) is 5.10 Å². The summed E-state index contributed by atoms with van der Waals surface area (Å²) < 4.78 is 29.5. The lowest BCUT2D eigenvalue weighted by atomic mass is 10.1. The molecule has 3 heterocycles. The smallest absolute Gasteiger partial charge is 0.287 e. The molecule has 0 radical (unpaired) electrons. The Balaban J connectivity index is 1.63. The lowest BCUT2D eigenvalue weighted by molar-refractivity contribution is 0.0896. The minimum atomic E-state index is -3.19. The van der Waals surface area contributed by atoms with E-state index in [-0.39, 0.29) is 29.2 Å². The average molecular weight is 324 g/mol. The molecule has 1 atom stereocenters. The van der Waals surface area contributed by atoms with E-state index < -0.39 is 9.84 Å². The molecular weight excluding hydrogens is 308 g/mol. The maximum absolute atomic E-state index is 12.1. The Labute approximate surface area is 127 Å². The van der Waals surface area contributed by atoms with Gasteiger partial charge in [-0.3, -0.25) is 4.79 Å². The molecule has 1 amide bonds. The highest BCUT2D eigenvalue weighted by atomic mass is 32.2. The summed E-state index contributed by atoms with van der Waals surface area (Å²) in [6, 6.07) is 2.94. The van der Waals surface area contributed by atoms with Crippen LogP contribution in [0.4, 0.5) is 0 Å². The lowest BCUT2D eigenvalue weighted by Crippen LogP contribution is -2.41. The Kier molecular flexibility index (Phi) is 3.73. The fourth-order valence-electron chi connectivity index (χ4n) is 2.45. The third kappa shape index (κ3) is 3.35. The third-order valence-electron chi connectivity index (χ3n) is 3.43. The van der Waals surface area contributed by atoms with Gasteiger partial charge in [0.2, 0.25) is 0 Å². The van der Waals surface area contributed by atoms with Gasteiger partial charge in [-0.1, -0.05) is 0 Å². The van der Waals surface area contributed by atoms with E-state index in [1.165, 1.54) is 18.5 Å². The third-order valence-corrected chi connectivity index (χ3v) is 4.24. The van der Waals surface area contributed by atoms with E-state index >= 15 is 0 Å². The van der Waals surface area contributed by atoms with Crippen molar-refractivity contribution in [1.29, 1.82) is 0 Å². The quantitative estimate of drug-likeness (QED) is 0.858. The van der Waals surface area contributed by atoms with Crippen molar-refractivity contribution >= 4 is 15.7 Å². The van der Waals surface area contributed by atoms with Crippen molar-refractivity contribution in [2.24, 2.45) is 0 Å². The molecular formula is C13H16N4O4S. The molecule has 8 nitrogen and oxygen atoms in total. The van der Waals surface area contributed by atoms with Gasteiger partial charge in [0.25, 0.3) is 5.91 Å². The number of fused-ring (bicyclic) bond motifs is 1. The van der Waals surface area contributed by atoms with E-state index in [0.717, 1.165) is 24.9 Å².